The van der Waals surface area contributed by atoms with Gasteiger partial charge in [0.15, 0.2) is 0 Å². The minimum Gasteiger partial charge on any atom is -0.329 e. The maximum Gasteiger partial charge on any atom is 0.247 e. The van der Waals surface area contributed by atoms with Crippen LogP contribution in [0.3, 0.4) is 0 Å². The number of rotatable bonds is 2. The molecule has 0 amide bonds. The summed E-state index contributed by atoms with van der Waals surface area (Å²) < 4.78 is 0. The van der Waals surface area contributed by atoms with Crippen LogP contribution in [0.15, 0.2) is 23.1 Å². The molecular formula is C11H19NO. The van der Waals surface area contributed by atoms with Crippen LogP contribution in [0.2, 0.25) is 0 Å². The molecule has 1 aromatic rings. The molecule has 0 aliphatic carbocycles. The molecular weight excluding hydrogens is 162 g/mol. The van der Waals surface area contributed by atoms with Gasteiger partial charge in [0.25, 0.3) is 0 Å². The average Bonchev–Trinajstić information content (AvgIpc) is 2.12. The summed E-state index contributed by atoms with van der Waals surface area (Å²) in [5.74, 6) is 0.640. The lowest BCUT2D eigenvalue weighted by atomic mass is 10.1. The highest BCUT2D eigenvalue weighted by Crippen LogP contribution is 2.03. The highest BCUT2D eigenvalue weighted by Gasteiger charge is 1.95. The molecule has 0 fully saturated rings. The first-order valence-corrected chi connectivity index (χ1v) is 4.86. The lowest BCUT2D eigenvalue weighted by Gasteiger charge is -2.02. The fourth-order valence-electron chi connectivity index (χ4n) is 1.04. The Kier molecular flexibility index (Phi) is 5.94. The first kappa shape index (κ1) is 11.9. The van der Waals surface area contributed by atoms with E-state index in [2.05, 4.69) is 18.8 Å². The van der Waals surface area contributed by atoms with Gasteiger partial charge in [0.05, 0.1) is 0 Å². The molecule has 13 heavy (non-hydrogen) atoms. The zero-order chi connectivity index (χ0) is 10.3. The second kappa shape index (κ2) is 6.46. The molecule has 0 saturated heterocycles. The van der Waals surface area contributed by atoms with Crippen LogP contribution in [0.4, 0.5) is 0 Å². The fraction of sp³-hybridized carbons (Fsp3) is 0.545. The number of hydrogen-bond acceptors (Lipinski definition) is 1. The summed E-state index contributed by atoms with van der Waals surface area (Å²) in [6.45, 7) is 8.32. The van der Waals surface area contributed by atoms with Gasteiger partial charge in [-0.05, 0) is 17.9 Å². The Morgan fingerprint density at radius 1 is 1.31 bits per heavy atom. The maximum absolute atomic E-state index is 10.7. The summed E-state index contributed by atoms with van der Waals surface area (Å²) in [6.07, 6.45) is 2.80. The van der Waals surface area contributed by atoms with Crippen LogP contribution in [0.5, 0.6) is 0 Å². The minimum absolute atomic E-state index is 0.0301. The van der Waals surface area contributed by atoms with Crippen molar-refractivity contribution in [2.24, 2.45) is 5.92 Å². The van der Waals surface area contributed by atoms with Crippen LogP contribution in [0.25, 0.3) is 0 Å². The topological polar surface area (TPSA) is 32.9 Å². The summed E-state index contributed by atoms with van der Waals surface area (Å²) in [5, 5.41) is 0. The first-order valence-electron chi connectivity index (χ1n) is 4.86. The van der Waals surface area contributed by atoms with Gasteiger partial charge in [0.1, 0.15) is 0 Å². The molecule has 0 radical (unpaired) electrons. The molecule has 1 N–H and O–H groups in total. The number of aromatic nitrogens is 1. The molecule has 2 heteroatoms. The summed E-state index contributed by atoms with van der Waals surface area (Å²) >= 11 is 0. The van der Waals surface area contributed by atoms with E-state index in [1.54, 1.807) is 12.3 Å². The van der Waals surface area contributed by atoms with Crippen molar-refractivity contribution >= 4 is 0 Å². The predicted octanol–water partition coefficient (Wildman–Crippen LogP) is 2.60. The Balaban J connectivity index is 0.000000671. The van der Waals surface area contributed by atoms with Gasteiger partial charge < -0.3 is 4.98 Å². The molecule has 1 heterocycles. The smallest absolute Gasteiger partial charge is 0.247 e. The van der Waals surface area contributed by atoms with Gasteiger partial charge in [-0.2, -0.15) is 0 Å². The van der Waals surface area contributed by atoms with E-state index in [0.29, 0.717) is 5.92 Å². The number of hydrogen-bond donors (Lipinski definition) is 1. The van der Waals surface area contributed by atoms with Crippen LogP contribution in [0, 0.1) is 5.92 Å². The van der Waals surface area contributed by atoms with Crippen molar-refractivity contribution in [3.63, 3.8) is 0 Å². The third-order valence-electron chi connectivity index (χ3n) is 1.49. The van der Waals surface area contributed by atoms with Gasteiger partial charge in [-0.25, -0.2) is 0 Å². The minimum atomic E-state index is -0.0301. The van der Waals surface area contributed by atoms with E-state index in [4.69, 9.17) is 0 Å². The largest absolute Gasteiger partial charge is 0.329 e. The van der Waals surface area contributed by atoms with Crippen molar-refractivity contribution in [1.82, 2.24) is 4.98 Å². The van der Waals surface area contributed by atoms with Gasteiger partial charge in [-0.15, -0.1) is 0 Å². The van der Waals surface area contributed by atoms with E-state index in [9.17, 15) is 4.79 Å². The number of H-pyrrole nitrogens is 1. The zero-order valence-corrected chi connectivity index (χ0v) is 8.92. The van der Waals surface area contributed by atoms with E-state index in [1.807, 2.05) is 19.9 Å². The van der Waals surface area contributed by atoms with Crippen molar-refractivity contribution < 1.29 is 0 Å². The van der Waals surface area contributed by atoms with Crippen molar-refractivity contribution in [3.8, 4) is 0 Å². The molecule has 1 rings (SSSR count). The quantitative estimate of drug-likeness (QED) is 0.747. The second-order valence-corrected chi connectivity index (χ2v) is 3.16. The standard InChI is InChI=1S/C9H13NO.C2H6/c1-7(2)5-8-3-4-9(11)10-6-8;1-2/h3-4,6-7H,5H2,1-2H3,(H,10,11);1-2H3. The Hall–Kier alpha value is -1.05. The van der Waals surface area contributed by atoms with Crippen LogP contribution in [-0.4, -0.2) is 4.98 Å². The predicted molar refractivity (Wildman–Crippen MR) is 57.0 cm³/mol. The van der Waals surface area contributed by atoms with Crippen LogP contribution in [0.1, 0.15) is 33.3 Å². The summed E-state index contributed by atoms with van der Waals surface area (Å²) in [6, 6.07) is 3.44. The highest BCUT2D eigenvalue weighted by atomic mass is 16.1. The molecule has 0 spiro atoms. The van der Waals surface area contributed by atoms with Crippen molar-refractivity contribution in [2.45, 2.75) is 34.1 Å². The van der Waals surface area contributed by atoms with Crippen LogP contribution in [-0.2, 0) is 6.42 Å². The Labute approximate surface area is 80.0 Å². The summed E-state index contributed by atoms with van der Waals surface area (Å²) in [4.78, 5) is 13.3. The third kappa shape index (κ3) is 5.23. The second-order valence-electron chi connectivity index (χ2n) is 3.16. The van der Waals surface area contributed by atoms with Gasteiger partial charge in [0.2, 0.25) is 5.56 Å². The normalized spacial score (nSPS) is 9.31. The van der Waals surface area contributed by atoms with Gasteiger partial charge in [-0.1, -0.05) is 33.8 Å². The average molecular weight is 181 g/mol. The zero-order valence-electron chi connectivity index (χ0n) is 8.92. The molecule has 1 aromatic heterocycles. The summed E-state index contributed by atoms with van der Waals surface area (Å²) in [7, 11) is 0. The van der Waals surface area contributed by atoms with Gasteiger partial charge in [-0.3, -0.25) is 4.79 Å². The number of nitrogens with one attached hydrogen (secondary N) is 1. The van der Waals surface area contributed by atoms with Gasteiger partial charge in [0, 0.05) is 12.3 Å². The molecule has 0 aromatic carbocycles. The maximum atomic E-state index is 10.7. The lowest BCUT2D eigenvalue weighted by Crippen LogP contribution is -2.04. The first-order chi connectivity index (χ1) is 6.18. The lowest BCUT2D eigenvalue weighted by molar-refractivity contribution is 0.645. The molecule has 2 nitrogen and oxygen atoms in total. The van der Waals surface area contributed by atoms with E-state index in [0.717, 1.165) is 6.42 Å². The van der Waals surface area contributed by atoms with E-state index in [1.165, 1.54) is 5.56 Å². The van der Waals surface area contributed by atoms with Crippen LogP contribution < -0.4 is 5.56 Å². The van der Waals surface area contributed by atoms with E-state index >= 15 is 0 Å². The molecule has 0 bridgehead atoms. The van der Waals surface area contributed by atoms with Crippen LogP contribution >= 0.6 is 0 Å². The molecule has 0 unspecified atom stereocenters. The van der Waals surface area contributed by atoms with E-state index in [-0.39, 0.29) is 5.56 Å². The molecule has 0 atom stereocenters. The van der Waals surface area contributed by atoms with E-state index < -0.39 is 0 Å². The van der Waals surface area contributed by atoms with Crippen molar-refractivity contribution in [1.29, 1.82) is 0 Å². The monoisotopic (exact) mass is 181 g/mol. The fourth-order valence-corrected chi connectivity index (χ4v) is 1.04. The van der Waals surface area contributed by atoms with Gasteiger partial charge >= 0.3 is 0 Å². The highest BCUT2D eigenvalue weighted by molar-refractivity contribution is 5.08. The number of pyridine rings is 1. The number of aromatic amines is 1. The summed E-state index contributed by atoms with van der Waals surface area (Å²) in [5.41, 5.74) is 1.16. The SMILES string of the molecule is CC.CC(C)Cc1ccc(=O)[nH]c1. The third-order valence-corrected chi connectivity index (χ3v) is 1.49. The van der Waals surface area contributed by atoms with Crippen molar-refractivity contribution in [2.75, 3.05) is 0 Å². The molecule has 0 saturated carbocycles. The Morgan fingerprint density at radius 3 is 2.31 bits per heavy atom. The Bertz CT molecular complexity index is 255. The van der Waals surface area contributed by atoms with Crippen molar-refractivity contribution in [3.05, 3.63) is 34.2 Å². The Morgan fingerprint density at radius 2 is 1.92 bits per heavy atom. The molecule has 74 valence electrons. The molecule has 0 aliphatic heterocycles. The molecule has 0 aliphatic rings.